The molecule has 2 amide bonds. The van der Waals surface area contributed by atoms with E-state index in [1.54, 1.807) is 18.2 Å². The van der Waals surface area contributed by atoms with E-state index in [4.69, 9.17) is 9.15 Å². The first-order valence-corrected chi connectivity index (χ1v) is 12.0. The number of alkyl carbamates (subject to hydrolysis) is 1. The fourth-order valence-electron chi connectivity index (χ4n) is 4.32. The number of hydrogen-bond acceptors (Lipinski definition) is 7. The number of nitriles is 1. The van der Waals surface area contributed by atoms with Gasteiger partial charge in [-0.3, -0.25) is 4.79 Å². The van der Waals surface area contributed by atoms with Crippen molar-refractivity contribution in [2.45, 2.75) is 57.1 Å². The Hall–Kier alpha value is -3.09. The zero-order chi connectivity index (χ0) is 23.2. The normalized spacial score (nSPS) is 22.4. The van der Waals surface area contributed by atoms with E-state index in [0.717, 1.165) is 29.7 Å². The molecule has 1 atom stereocenters. The third-order valence-corrected chi connectivity index (χ3v) is 7.30. The second kappa shape index (κ2) is 10.7. The fourth-order valence-corrected chi connectivity index (χ4v) is 5.64. The highest BCUT2D eigenvalue weighted by Crippen LogP contribution is 2.39. The molecule has 8 nitrogen and oxygen atoms in total. The number of anilines is 1. The molecule has 1 unspecified atom stereocenters. The minimum absolute atomic E-state index is 0.0577. The summed E-state index contributed by atoms with van der Waals surface area (Å²) in [5.74, 6) is 0.418. The van der Waals surface area contributed by atoms with Crippen molar-refractivity contribution in [1.29, 1.82) is 5.26 Å². The maximum atomic E-state index is 12.3. The number of thiophene rings is 1. The number of nitrogens with one attached hydrogen (secondary N) is 2. The summed E-state index contributed by atoms with van der Waals surface area (Å²) in [6.45, 7) is 0.313. The first kappa shape index (κ1) is 23.1. The number of carbonyl (C=O) groups is 2. The van der Waals surface area contributed by atoms with Gasteiger partial charge in [-0.2, -0.15) is 5.26 Å². The Kier molecular flexibility index (Phi) is 7.47. The first-order valence-electron chi connectivity index (χ1n) is 11.2. The van der Waals surface area contributed by atoms with E-state index in [-0.39, 0.29) is 24.0 Å². The molecule has 1 fully saturated rings. The summed E-state index contributed by atoms with van der Waals surface area (Å²) in [6.07, 6.45) is 8.96. The standard InChI is InChI=1S/C24H27N3O5S/c25-13-20-19-9-3-15(14-32-24(30)26-16-4-6-17(28)7-5-16)12-21(19)33-23(20)27-22(29)10-8-18-2-1-11-31-18/h1-2,8,10-11,15-17,28H,3-7,9,12,14H2,(H,26,30)(H,27,29). The molecule has 0 radical (unpaired) electrons. The summed E-state index contributed by atoms with van der Waals surface area (Å²) >= 11 is 1.41. The topological polar surface area (TPSA) is 125 Å². The second-order valence-electron chi connectivity index (χ2n) is 8.51. The molecule has 0 aromatic carbocycles. The molecule has 0 bridgehead atoms. The molecule has 33 heavy (non-hydrogen) atoms. The van der Waals surface area contributed by atoms with Crippen LogP contribution in [0.5, 0.6) is 0 Å². The third-order valence-electron chi connectivity index (χ3n) is 6.13. The summed E-state index contributed by atoms with van der Waals surface area (Å²) in [7, 11) is 0. The minimum atomic E-state index is -0.414. The van der Waals surface area contributed by atoms with Gasteiger partial charge >= 0.3 is 6.09 Å². The lowest BCUT2D eigenvalue weighted by Gasteiger charge is -2.26. The highest BCUT2D eigenvalue weighted by molar-refractivity contribution is 7.16. The van der Waals surface area contributed by atoms with Crippen molar-refractivity contribution in [2.75, 3.05) is 11.9 Å². The van der Waals surface area contributed by atoms with Gasteiger partial charge in [0.05, 0.1) is 24.5 Å². The van der Waals surface area contributed by atoms with Crippen LogP contribution in [0.25, 0.3) is 6.08 Å². The molecule has 0 spiro atoms. The Bertz CT molecular complexity index is 1050. The van der Waals surface area contributed by atoms with Crippen LogP contribution in [0.1, 0.15) is 53.9 Å². The second-order valence-corrected chi connectivity index (χ2v) is 9.62. The summed E-state index contributed by atoms with van der Waals surface area (Å²) in [6, 6.07) is 5.78. The third kappa shape index (κ3) is 6.03. The molecule has 174 valence electrons. The minimum Gasteiger partial charge on any atom is -0.465 e. The predicted molar refractivity (Wildman–Crippen MR) is 124 cm³/mol. The van der Waals surface area contributed by atoms with Gasteiger partial charge in [0.1, 0.15) is 16.8 Å². The summed E-state index contributed by atoms with van der Waals surface area (Å²) in [5.41, 5.74) is 1.50. The lowest BCUT2D eigenvalue weighted by molar-refractivity contribution is -0.111. The maximum Gasteiger partial charge on any atom is 0.407 e. The van der Waals surface area contributed by atoms with E-state index in [1.165, 1.54) is 23.7 Å². The summed E-state index contributed by atoms with van der Waals surface area (Å²) in [4.78, 5) is 25.5. The number of aliphatic hydroxyl groups is 1. The van der Waals surface area contributed by atoms with Gasteiger partial charge in [-0.15, -0.1) is 11.3 Å². The number of carbonyl (C=O) groups excluding carboxylic acids is 2. The van der Waals surface area contributed by atoms with E-state index < -0.39 is 6.09 Å². The van der Waals surface area contributed by atoms with Crippen molar-refractivity contribution in [2.24, 2.45) is 5.92 Å². The molecule has 2 aromatic rings. The summed E-state index contributed by atoms with van der Waals surface area (Å²) in [5, 5.41) is 25.5. The van der Waals surface area contributed by atoms with Crippen molar-refractivity contribution in [3.05, 3.63) is 46.2 Å². The van der Waals surface area contributed by atoms with Crippen LogP contribution in [0, 0.1) is 17.2 Å². The van der Waals surface area contributed by atoms with E-state index in [9.17, 15) is 20.0 Å². The SMILES string of the molecule is N#Cc1c(NC(=O)C=Cc2ccco2)sc2c1CCC(COC(=O)NC1CCC(O)CC1)C2. The Morgan fingerprint density at radius 2 is 2.12 bits per heavy atom. The number of rotatable bonds is 6. The first-order chi connectivity index (χ1) is 16.0. The van der Waals surface area contributed by atoms with Gasteiger partial charge in [0, 0.05) is 17.0 Å². The van der Waals surface area contributed by atoms with Crippen LogP contribution >= 0.6 is 11.3 Å². The van der Waals surface area contributed by atoms with Crippen LogP contribution in [0.2, 0.25) is 0 Å². The highest BCUT2D eigenvalue weighted by atomic mass is 32.1. The quantitative estimate of drug-likeness (QED) is 0.549. The monoisotopic (exact) mass is 469 g/mol. The lowest BCUT2D eigenvalue weighted by Crippen LogP contribution is -2.39. The van der Waals surface area contributed by atoms with Gasteiger partial charge in [-0.1, -0.05) is 0 Å². The molecule has 0 saturated heterocycles. The molecule has 4 rings (SSSR count). The average molecular weight is 470 g/mol. The number of ether oxygens (including phenoxy) is 1. The van der Waals surface area contributed by atoms with Gasteiger partial charge in [0.2, 0.25) is 5.91 Å². The van der Waals surface area contributed by atoms with E-state index in [2.05, 4.69) is 16.7 Å². The summed E-state index contributed by atoms with van der Waals surface area (Å²) < 4.78 is 10.6. The molecule has 0 aliphatic heterocycles. The van der Waals surface area contributed by atoms with Crippen molar-refractivity contribution < 1.29 is 23.8 Å². The molecule has 1 saturated carbocycles. The van der Waals surface area contributed by atoms with Gasteiger partial charge in [-0.05, 0) is 74.6 Å². The Labute approximate surface area is 196 Å². The van der Waals surface area contributed by atoms with Crippen molar-refractivity contribution >= 4 is 34.4 Å². The zero-order valence-corrected chi connectivity index (χ0v) is 19.0. The molecule has 2 aliphatic rings. The van der Waals surface area contributed by atoms with Crippen LogP contribution in [-0.4, -0.2) is 35.9 Å². The van der Waals surface area contributed by atoms with Crippen molar-refractivity contribution in [3.63, 3.8) is 0 Å². The highest BCUT2D eigenvalue weighted by Gasteiger charge is 2.28. The smallest absolute Gasteiger partial charge is 0.407 e. The van der Waals surface area contributed by atoms with Crippen molar-refractivity contribution in [1.82, 2.24) is 5.32 Å². The molecule has 2 heterocycles. The van der Waals surface area contributed by atoms with Crippen LogP contribution in [0.4, 0.5) is 9.80 Å². The van der Waals surface area contributed by atoms with Gasteiger partial charge in [-0.25, -0.2) is 4.79 Å². The Balaban J connectivity index is 1.30. The van der Waals surface area contributed by atoms with Gasteiger partial charge in [0.25, 0.3) is 0 Å². The van der Waals surface area contributed by atoms with Gasteiger partial charge < -0.3 is 24.9 Å². The number of amides is 2. The largest absolute Gasteiger partial charge is 0.465 e. The van der Waals surface area contributed by atoms with Gasteiger partial charge in [0.15, 0.2) is 0 Å². The molecule has 2 aliphatic carbocycles. The van der Waals surface area contributed by atoms with E-state index in [1.807, 2.05) is 0 Å². The Morgan fingerprint density at radius 3 is 2.85 bits per heavy atom. The number of furan rings is 1. The van der Waals surface area contributed by atoms with E-state index in [0.29, 0.717) is 48.6 Å². The molecular formula is C24H27N3O5S. The van der Waals surface area contributed by atoms with Crippen LogP contribution in [0.15, 0.2) is 28.9 Å². The number of hydrogen-bond donors (Lipinski definition) is 3. The maximum absolute atomic E-state index is 12.3. The molecular weight excluding hydrogens is 442 g/mol. The number of fused-ring (bicyclic) bond motifs is 1. The zero-order valence-electron chi connectivity index (χ0n) is 18.2. The number of nitrogens with zero attached hydrogens (tertiary/aromatic N) is 1. The molecule has 3 N–H and O–H groups in total. The van der Waals surface area contributed by atoms with E-state index >= 15 is 0 Å². The van der Waals surface area contributed by atoms with Crippen LogP contribution < -0.4 is 10.6 Å². The molecule has 9 heteroatoms. The predicted octanol–water partition coefficient (Wildman–Crippen LogP) is 4.00. The van der Waals surface area contributed by atoms with Crippen LogP contribution in [0.3, 0.4) is 0 Å². The molecule has 2 aromatic heterocycles. The fraction of sp³-hybridized carbons (Fsp3) is 0.458. The average Bonchev–Trinajstić information content (AvgIpc) is 3.44. The Morgan fingerprint density at radius 1 is 1.30 bits per heavy atom. The van der Waals surface area contributed by atoms with Crippen molar-refractivity contribution in [3.8, 4) is 6.07 Å². The number of aliphatic hydroxyl groups excluding tert-OH is 1. The van der Waals surface area contributed by atoms with Crippen LogP contribution in [-0.2, 0) is 22.4 Å². The lowest BCUT2D eigenvalue weighted by atomic mass is 9.88.